The highest BCUT2D eigenvalue weighted by Crippen LogP contribution is 2.16. The van der Waals surface area contributed by atoms with Crippen molar-refractivity contribution in [2.45, 2.75) is 53.9 Å². The van der Waals surface area contributed by atoms with Gasteiger partial charge in [-0.2, -0.15) is 0 Å². The number of hydrogen-bond donors (Lipinski definition) is 1. The quantitative estimate of drug-likeness (QED) is 0.250. The molecule has 0 aromatic rings. The molecular weight excluding hydrogens is 294 g/mol. The Balaban J connectivity index is 4.73. The van der Waals surface area contributed by atoms with Crippen molar-refractivity contribution in [2.75, 3.05) is 7.05 Å². The van der Waals surface area contributed by atoms with Crippen LogP contribution >= 0.6 is 0 Å². The topological polar surface area (TPSA) is 114 Å². The number of carbonyl (C=O) groups is 2. The van der Waals surface area contributed by atoms with Crippen molar-refractivity contribution in [3.05, 3.63) is 5.21 Å². The lowest BCUT2D eigenvalue weighted by atomic mass is 9.97. The van der Waals surface area contributed by atoms with Crippen LogP contribution in [-0.4, -0.2) is 46.4 Å². The SMILES string of the molecule is CC(ON=[N+]([O-])N(C)[C@H](C(=O)O)C(C)C)OC(=O)C(C)(C)C. The number of rotatable bonds is 7. The molecule has 9 heteroatoms. The molecule has 0 rings (SSSR count). The molecule has 0 aliphatic rings. The number of likely N-dealkylation sites (N-methyl/N-ethyl adjacent to an activating group) is 1. The molecule has 0 saturated carbocycles. The first-order valence-corrected chi connectivity index (χ1v) is 6.88. The van der Waals surface area contributed by atoms with Gasteiger partial charge in [-0.1, -0.05) is 13.8 Å². The summed E-state index contributed by atoms with van der Waals surface area (Å²) in [7, 11) is 1.28. The third-order valence-corrected chi connectivity index (χ3v) is 2.71. The van der Waals surface area contributed by atoms with Gasteiger partial charge >= 0.3 is 11.9 Å². The Morgan fingerprint density at radius 2 is 1.77 bits per heavy atom. The van der Waals surface area contributed by atoms with Gasteiger partial charge in [-0.15, -0.1) is 5.01 Å². The van der Waals surface area contributed by atoms with E-state index in [1.807, 2.05) is 0 Å². The van der Waals surface area contributed by atoms with E-state index in [0.29, 0.717) is 0 Å². The Labute approximate surface area is 130 Å². The molecule has 0 radical (unpaired) electrons. The fourth-order valence-electron chi connectivity index (χ4n) is 1.50. The van der Waals surface area contributed by atoms with Crippen molar-refractivity contribution >= 4 is 11.9 Å². The molecule has 0 aromatic carbocycles. The monoisotopic (exact) mass is 319 g/mol. The molecule has 0 heterocycles. The molecule has 0 aromatic heterocycles. The maximum absolute atomic E-state index is 11.7. The van der Waals surface area contributed by atoms with Crippen LogP contribution in [0.25, 0.3) is 0 Å². The third kappa shape index (κ3) is 6.15. The van der Waals surface area contributed by atoms with Crippen LogP contribution in [0.15, 0.2) is 5.28 Å². The molecule has 128 valence electrons. The summed E-state index contributed by atoms with van der Waals surface area (Å²) >= 11 is 0. The van der Waals surface area contributed by atoms with Gasteiger partial charge in [-0.25, -0.2) is 4.79 Å². The number of ether oxygens (including phenoxy) is 1. The van der Waals surface area contributed by atoms with E-state index in [2.05, 4.69) is 5.28 Å². The molecule has 0 spiro atoms. The first-order chi connectivity index (χ1) is 9.87. The molecule has 1 unspecified atom stereocenters. The second kappa shape index (κ2) is 7.81. The van der Waals surface area contributed by atoms with Gasteiger partial charge in [0, 0.05) is 6.92 Å². The van der Waals surface area contributed by atoms with Gasteiger partial charge in [0.15, 0.2) is 6.04 Å². The van der Waals surface area contributed by atoms with Gasteiger partial charge in [0.05, 0.1) is 17.4 Å². The number of hydrazine groups is 1. The summed E-state index contributed by atoms with van der Waals surface area (Å²) in [6.45, 7) is 9.75. The highest BCUT2D eigenvalue weighted by atomic mass is 16.8. The van der Waals surface area contributed by atoms with E-state index in [-0.39, 0.29) is 10.9 Å². The first kappa shape index (κ1) is 19.9. The van der Waals surface area contributed by atoms with Crippen molar-refractivity contribution in [1.82, 2.24) is 5.01 Å². The predicted molar refractivity (Wildman–Crippen MR) is 76.2 cm³/mol. The van der Waals surface area contributed by atoms with Crippen molar-refractivity contribution in [2.24, 2.45) is 16.6 Å². The smallest absolute Gasteiger partial charge is 0.332 e. The summed E-state index contributed by atoms with van der Waals surface area (Å²) < 4.78 is 4.95. The van der Waals surface area contributed by atoms with Crippen LogP contribution in [0.4, 0.5) is 0 Å². The van der Waals surface area contributed by atoms with Gasteiger partial charge in [-0.3, -0.25) is 9.63 Å². The number of hydrogen-bond acceptors (Lipinski definition) is 6. The van der Waals surface area contributed by atoms with E-state index in [1.54, 1.807) is 34.6 Å². The van der Waals surface area contributed by atoms with Crippen molar-refractivity contribution in [1.29, 1.82) is 0 Å². The molecular formula is C13H25N3O6. The van der Waals surface area contributed by atoms with E-state index >= 15 is 0 Å². The summed E-state index contributed by atoms with van der Waals surface area (Å²) in [4.78, 5) is 27.5. The Bertz CT molecular complexity index is 430. The Morgan fingerprint density at radius 1 is 1.27 bits per heavy atom. The molecule has 0 fully saturated rings. The average molecular weight is 319 g/mol. The normalized spacial score (nSPS) is 15.2. The van der Waals surface area contributed by atoms with Crippen molar-refractivity contribution in [3.63, 3.8) is 0 Å². The van der Waals surface area contributed by atoms with Crippen LogP contribution in [0.3, 0.4) is 0 Å². The van der Waals surface area contributed by atoms with Gasteiger partial charge in [0.1, 0.15) is 0 Å². The number of carboxylic acid groups (broad SMARTS) is 1. The second-order valence-electron chi connectivity index (χ2n) is 6.26. The molecule has 22 heavy (non-hydrogen) atoms. The van der Waals surface area contributed by atoms with Gasteiger partial charge < -0.3 is 15.1 Å². The van der Waals surface area contributed by atoms with Crippen molar-refractivity contribution in [3.8, 4) is 0 Å². The van der Waals surface area contributed by atoms with Crippen molar-refractivity contribution < 1.29 is 29.2 Å². The zero-order chi connectivity index (χ0) is 17.7. The summed E-state index contributed by atoms with van der Waals surface area (Å²) in [5.41, 5.74) is -0.711. The van der Waals surface area contributed by atoms with Gasteiger partial charge in [0.25, 0.3) is 6.29 Å². The maximum atomic E-state index is 11.7. The Hall–Kier alpha value is -2.06. The lowest BCUT2D eigenvalue weighted by Crippen LogP contribution is -2.45. The molecule has 2 atom stereocenters. The Kier molecular flexibility index (Phi) is 7.08. The van der Waals surface area contributed by atoms with Crippen LogP contribution in [0.5, 0.6) is 0 Å². The van der Waals surface area contributed by atoms with Crippen LogP contribution in [0.1, 0.15) is 41.5 Å². The zero-order valence-corrected chi connectivity index (χ0v) is 14.1. The first-order valence-electron chi connectivity index (χ1n) is 6.88. The average Bonchev–Trinajstić information content (AvgIpc) is 2.33. The van der Waals surface area contributed by atoms with Crippen LogP contribution in [0, 0.1) is 16.5 Å². The molecule has 0 aliphatic heterocycles. The molecule has 0 saturated heterocycles. The van der Waals surface area contributed by atoms with E-state index in [9.17, 15) is 14.8 Å². The van der Waals surface area contributed by atoms with E-state index in [4.69, 9.17) is 14.7 Å². The molecule has 0 aliphatic carbocycles. The highest BCUT2D eigenvalue weighted by molar-refractivity contribution is 5.75. The number of aliphatic carboxylic acids is 1. The highest BCUT2D eigenvalue weighted by Gasteiger charge is 2.32. The number of nitrogens with zero attached hydrogens (tertiary/aromatic N) is 3. The minimum absolute atomic E-state index is 0.0141. The van der Waals surface area contributed by atoms with E-state index < -0.39 is 29.7 Å². The summed E-state index contributed by atoms with van der Waals surface area (Å²) in [6, 6.07) is -1.06. The predicted octanol–water partition coefficient (Wildman–Crippen LogP) is 1.77. The minimum atomic E-state index is -1.15. The van der Waals surface area contributed by atoms with Crippen LogP contribution in [-0.2, 0) is 19.2 Å². The van der Waals surface area contributed by atoms with Crippen LogP contribution < -0.4 is 0 Å². The summed E-state index contributed by atoms with van der Waals surface area (Å²) in [5, 5.41) is 24.9. The number of carboxylic acids is 1. The number of carbonyl (C=O) groups excluding carboxylic acids is 1. The molecule has 0 amide bonds. The standard InChI is InChI=1S/C13H25N3O6/c1-8(2)10(11(17)18)15(7)16(20)14-22-9(3)21-12(19)13(4,5)6/h8-10H,1-7H3,(H,17,18)/t9?,10-/m0/s1. The molecule has 0 bridgehead atoms. The summed E-state index contributed by atoms with van der Waals surface area (Å²) in [5.74, 6) is -1.97. The summed E-state index contributed by atoms with van der Waals surface area (Å²) in [6.07, 6.45) is -1.07. The largest absolute Gasteiger partial charge is 0.569 e. The fourth-order valence-corrected chi connectivity index (χ4v) is 1.50. The second-order valence-corrected chi connectivity index (χ2v) is 6.26. The lowest BCUT2D eigenvalue weighted by Gasteiger charge is -2.23. The van der Waals surface area contributed by atoms with E-state index in [1.165, 1.54) is 14.0 Å². The Morgan fingerprint density at radius 3 is 2.14 bits per heavy atom. The minimum Gasteiger partial charge on any atom is -0.569 e. The lowest BCUT2D eigenvalue weighted by molar-refractivity contribution is -0.713. The van der Waals surface area contributed by atoms with Gasteiger partial charge in [0.2, 0.25) is 5.28 Å². The third-order valence-electron chi connectivity index (χ3n) is 2.71. The molecule has 1 N–H and O–H groups in total. The van der Waals surface area contributed by atoms with Crippen LogP contribution in [0.2, 0.25) is 0 Å². The molecule has 9 nitrogen and oxygen atoms in total. The zero-order valence-electron chi connectivity index (χ0n) is 14.1. The number of esters is 1. The van der Waals surface area contributed by atoms with Gasteiger partial charge in [-0.05, 0) is 26.7 Å². The fraction of sp³-hybridized carbons (Fsp3) is 0.846. The maximum Gasteiger partial charge on any atom is 0.332 e. The van der Waals surface area contributed by atoms with E-state index in [0.717, 1.165) is 5.01 Å².